The fourth-order valence-corrected chi connectivity index (χ4v) is 5.64. The molecule has 2 aliphatic rings. The van der Waals surface area contributed by atoms with Crippen LogP contribution in [0.25, 0.3) is 0 Å². The molecule has 8 heteroatoms. The zero-order chi connectivity index (χ0) is 23.7. The summed E-state index contributed by atoms with van der Waals surface area (Å²) in [6.07, 6.45) is 1.06. The first-order valence-electron chi connectivity index (χ1n) is 10.6. The molecule has 0 saturated heterocycles. The van der Waals surface area contributed by atoms with Gasteiger partial charge < -0.3 is 24.3 Å². The number of Topliss-reactive ketones (excluding diaryl/α,β-unsaturated/α-hetero) is 1. The number of nitrogens with one attached hydrogen (secondary N) is 1. The monoisotopic (exact) mass is 469 g/mol. The Bertz CT molecular complexity index is 1150. The number of hydrogen-bond donors (Lipinski definition) is 1. The highest BCUT2D eigenvalue weighted by molar-refractivity contribution is 7.10. The van der Waals surface area contributed by atoms with Crippen molar-refractivity contribution in [3.8, 4) is 17.2 Å². The van der Waals surface area contributed by atoms with E-state index in [1.807, 2.05) is 24.4 Å². The summed E-state index contributed by atoms with van der Waals surface area (Å²) in [5.41, 5.74) is 3.08. The van der Waals surface area contributed by atoms with Crippen molar-refractivity contribution in [2.24, 2.45) is 0 Å². The third-order valence-electron chi connectivity index (χ3n) is 6.22. The molecule has 0 radical (unpaired) electrons. The van der Waals surface area contributed by atoms with Crippen LogP contribution < -0.4 is 19.5 Å². The van der Waals surface area contributed by atoms with Gasteiger partial charge in [0.1, 0.15) is 0 Å². The molecule has 4 rings (SSSR count). The van der Waals surface area contributed by atoms with Crippen LogP contribution in [0.3, 0.4) is 0 Å². The molecule has 0 spiro atoms. The normalized spacial score (nSPS) is 20.2. The predicted octanol–water partition coefficient (Wildman–Crippen LogP) is 4.31. The average Bonchev–Trinajstić information content (AvgIpc) is 3.36. The maximum absolute atomic E-state index is 13.6. The second-order valence-electron chi connectivity index (χ2n) is 7.95. The van der Waals surface area contributed by atoms with Crippen molar-refractivity contribution in [1.29, 1.82) is 0 Å². The van der Waals surface area contributed by atoms with E-state index in [9.17, 15) is 9.59 Å². The molecule has 1 N–H and O–H groups in total. The smallest absolute Gasteiger partial charge is 0.336 e. The van der Waals surface area contributed by atoms with Crippen LogP contribution in [-0.4, -0.2) is 40.2 Å². The molecule has 2 aromatic rings. The standard InChI is InChI=1S/C25H27NO6S/c1-13-20(25(28)32-5)21(15-8-9-18(29-2)24(31-4)23(15)30-3)22-16(26-13)11-14(12-17(22)27)19-7-6-10-33-19/h6-10,14,21,26H,11-12H2,1-5H3/t14-,21-/m0/s1. The van der Waals surface area contributed by atoms with E-state index in [1.54, 1.807) is 24.5 Å². The van der Waals surface area contributed by atoms with Crippen molar-refractivity contribution < 1.29 is 28.5 Å². The van der Waals surface area contributed by atoms with Gasteiger partial charge in [-0.15, -0.1) is 11.3 Å². The molecule has 1 aliphatic heterocycles. The van der Waals surface area contributed by atoms with Gasteiger partial charge in [-0.05, 0) is 30.9 Å². The summed E-state index contributed by atoms with van der Waals surface area (Å²) in [6, 6.07) is 7.63. The molecule has 1 aliphatic carbocycles. The molecule has 1 aromatic heterocycles. The van der Waals surface area contributed by atoms with Crippen molar-refractivity contribution in [1.82, 2.24) is 5.32 Å². The number of hydrogen-bond acceptors (Lipinski definition) is 8. The van der Waals surface area contributed by atoms with Crippen LogP contribution in [0.5, 0.6) is 17.2 Å². The highest BCUT2D eigenvalue weighted by atomic mass is 32.1. The number of ketones is 1. The Hall–Kier alpha value is -3.26. The summed E-state index contributed by atoms with van der Waals surface area (Å²) >= 11 is 1.65. The van der Waals surface area contributed by atoms with Gasteiger partial charge in [0, 0.05) is 39.7 Å². The predicted molar refractivity (Wildman–Crippen MR) is 125 cm³/mol. The van der Waals surface area contributed by atoms with E-state index < -0.39 is 11.9 Å². The number of ether oxygens (including phenoxy) is 4. The minimum Gasteiger partial charge on any atom is -0.493 e. The van der Waals surface area contributed by atoms with Gasteiger partial charge in [-0.1, -0.05) is 12.1 Å². The molecule has 7 nitrogen and oxygen atoms in total. The second kappa shape index (κ2) is 9.31. The van der Waals surface area contributed by atoms with Crippen LogP contribution in [0.4, 0.5) is 0 Å². The number of esters is 1. The largest absolute Gasteiger partial charge is 0.493 e. The van der Waals surface area contributed by atoms with E-state index in [1.165, 1.54) is 26.2 Å². The second-order valence-corrected chi connectivity index (χ2v) is 8.93. The molecular formula is C25H27NO6S. The van der Waals surface area contributed by atoms with Gasteiger partial charge in [0.2, 0.25) is 5.75 Å². The number of carbonyl (C=O) groups excluding carboxylic acids is 2. The lowest BCUT2D eigenvalue weighted by molar-refractivity contribution is -0.136. The molecule has 2 atom stereocenters. The maximum Gasteiger partial charge on any atom is 0.336 e. The minimum absolute atomic E-state index is 0.00195. The van der Waals surface area contributed by atoms with E-state index >= 15 is 0 Å². The number of rotatable bonds is 6. The summed E-state index contributed by atoms with van der Waals surface area (Å²) in [5, 5.41) is 5.36. The van der Waals surface area contributed by atoms with E-state index in [0.717, 1.165) is 5.70 Å². The highest BCUT2D eigenvalue weighted by Gasteiger charge is 2.43. The van der Waals surface area contributed by atoms with Gasteiger partial charge in [-0.2, -0.15) is 0 Å². The van der Waals surface area contributed by atoms with Gasteiger partial charge in [0.25, 0.3) is 0 Å². The Morgan fingerprint density at radius 3 is 2.39 bits per heavy atom. The topological polar surface area (TPSA) is 83.1 Å². The molecule has 174 valence electrons. The maximum atomic E-state index is 13.6. The van der Waals surface area contributed by atoms with Crippen LogP contribution in [-0.2, 0) is 14.3 Å². The number of dihydropyridines is 1. The number of thiophene rings is 1. The summed E-state index contributed by atoms with van der Waals surface area (Å²) in [7, 11) is 5.93. The van der Waals surface area contributed by atoms with Crippen molar-refractivity contribution in [3.05, 3.63) is 62.6 Å². The molecule has 0 amide bonds. The van der Waals surface area contributed by atoms with Gasteiger partial charge in [-0.25, -0.2) is 4.79 Å². The molecule has 1 aromatic carbocycles. The molecule has 0 saturated carbocycles. The van der Waals surface area contributed by atoms with E-state index in [4.69, 9.17) is 18.9 Å². The summed E-state index contributed by atoms with van der Waals surface area (Å²) in [4.78, 5) is 27.7. The van der Waals surface area contributed by atoms with Gasteiger partial charge in [0.15, 0.2) is 17.3 Å². The first kappa shape index (κ1) is 22.9. The quantitative estimate of drug-likeness (QED) is 0.631. The lowest BCUT2D eigenvalue weighted by Gasteiger charge is -2.36. The Balaban J connectivity index is 1.92. The van der Waals surface area contributed by atoms with Crippen LogP contribution in [0.15, 0.2) is 52.2 Å². The Kier molecular flexibility index (Phi) is 6.47. The third kappa shape index (κ3) is 3.88. The van der Waals surface area contributed by atoms with Gasteiger partial charge in [-0.3, -0.25) is 4.79 Å². The van der Waals surface area contributed by atoms with Gasteiger partial charge >= 0.3 is 5.97 Å². The Morgan fingerprint density at radius 2 is 1.79 bits per heavy atom. The molecular weight excluding hydrogens is 442 g/mol. The summed E-state index contributed by atoms with van der Waals surface area (Å²) in [5.74, 6) is 0.260. The number of allylic oxidation sites excluding steroid dienone is 3. The Labute approximate surface area is 197 Å². The number of methoxy groups -OCH3 is 4. The van der Waals surface area contributed by atoms with Crippen LogP contribution in [0.2, 0.25) is 0 Å². The van der Waals surface area contributed by atoms with Crippen LogP contribution >= 0.6 is 11.3 Å². The van der Waals surface area contributed by atoms with E-state index in [-0.39, 0.29) is 11.7 Å². The fraction of sp³-hybridized carbons (Fsp3) is 0.360. The van der Waals surface area contributed by atoms with Crippen LogP contribution in [0.1, 0.15) is 42.0 Å². The highest BCUT2D eigenvalue weighted by Crippen LogP contribution is 2.51. The zero-order valence-electron chi connectivity index (χ0n) is 19.3. The van der Waals surface area contributed by atoms with E-state index in [2.05, 4.69) is 11.4 Å². The molecule has 2 heterocycles. The van der Waals surface area contributed by atoms with Crippen molar-refractivity contribution in [2.45, 2.75) is 31.6 Å². The first-order chi connectivity index (χ1) is 15.9. The van der Waals surface area contributed by atoms with Crippen molar-refractivity contribution in [3.63, 3.8) is 0 Å². The fourth-order valence-electron chi connectivity index (χ4n) is 4.81. The molecule has 0 fully saturated rings. The summed E-state index contributed by atoms with van der Waals surface area (Å²) < 4.78 is 21.8. The summed E-state index contributed by atoms with van der Waals surface area (Å²) in [6.45, 7) is 1.83. The zero-order valence-corrected chi connectivity index (χ0v) is 20.1. The SMILES string of the molecule is COC(=O)C1=C(C)NC2=C(C(=O)C[C@@H](c3cccs3)C2)[C@H]1c1ccc(OC)c(OC)c1OC. The third-order valence-corrected chi connectivity index (χ3v) is 7.26. The van der Waals surface area contributed by atoms with Gasteiger partial charge in [0.05, 0.1) is 39.9 Å². The Morgan fingerprint density at radius 1 is 1.03 bits per heavy atom. The van der Waals surface area contributed by atoms with Crippen LogP contribution in [0, 0.1) is 0 Å². The average molecular weight is 470 g/mol. The van der Waals surface area contributed by atoms with Crippen molar-refractivity contribution >= 4 is 23.1 Å². The molecule has 33 heavy (non-hydrogen) atoms. The number of carbonyl (C=O) groups is 2. The lowest BCUT2D eigenvalue weighted by Crippen LogP contribution is -2.36. The molecule has 0 unspecified atom stereocenters. The number of benzene rings is 1. The van der Waals surface area contributed by atoms with E-state index in [0.29, 0.717) is 52.5 Å². The molecule has 0 bridgehead atoms. The minimum atomic E-state index is -0.653. The first-order valence-corrected chi connectivity index (χ1v) is 11.5. The van der Waals surface area contributed by atoms with Crippen molar-refractivity contribution in [2.75, 3.05) is 28.4 Å². The lowest BCUT2D eigenvalue weighted by atomic mass is 9.72.